The maximum Gasteiger partial charge on any atom is 0.381 e. The third kappa shape index (κ3) is 11.0. The molecule has 3 nitrogen and oxygen atoms in total. The molecule has 13 heavy (non-hydrogen) atoms. The molecule has 0 aromatic carbocycles. The van der Waals surface area contributed by atoms with E-state index in [1.807, 2.05) is 0 Å². The monoisotopic (exact) mass is 184 g/mol. The van der Waals surface area contributed by atoms with Crippen LogP contribution >= 0.6 is 0 Å². The van der Waals surface area contributed by atoms with Gasteiger partial charge in [-0.1, -0.05) is 25.2 Å². The van der Waals surface area contributed by atoms with Crippen LogP contribution in [0.1, 0.15) is 38.5 Å². The average Bonchev–Trinajstić information content (AvgIpc) is 2.09. The van der Waals surface area contributed by atoms with E-state index in [4.69, 9.17) is 10.2 Å². The highest BCUT2D eigenvalue weighted by atomic mass is 16.4. The third-order valence-corrected chi connectivity index (χ3v) is 1.66. The fourth-order valence-electron chi connectivity index (χ4n) is 0.994. The fraction of sp³-hybridized carbons (Fsp3) is 0.700. The molecule has 0 aliphatic rings. The van der Waals surface area contributed by atoms with E-state index in [0.29, 0.717) is 6.42 Å². The lowest BCUT2D eigenvalue weighted by Gasteiger charge is -1.95. The number of hydrogen-bond donors (Lipinski definition) is 2. The van der Waals surface area contributed by atoms with Crippen LogP contribution in [0.2, 0.25) is 0 Å². The minimum atomic E-state index is -1.06. The molecule has 0 bridgehead atoms. The summed E-state index contributed by atoms with van der Waals surface area (Å²) < 4.78 is 0. The fourth-order valence-corrected chi connectivity index (χ4v) is 0.994. The number of carbonyl (C=O) groups is 1. The summed E-state index contributed by atoms with van der Waals surface area (Å²) in [6, 6.07) is 0. The molecule has 0 saturated heterocycles. The summed E-state index contributed by atoms with van der Waals surface area (Å²) in [6.45, 7) is 0.263. The van der Waals surface area contributed by atoms with Gasteiger partial charge in [-0.25, -0.2) is 4.79 Å². The smallest absolute Gasteiger partial charge is 0.381 e. The number of rotatable bonds is 6. The summed E-state index contributed by atoms with van der Waals surface area (Å²) in [6.07, 6.45) is 5.67. The number of unbranched alkanes of at least 4 members (excludes halogenated alkanes) is 5. The maximum atomic E-state index is 9.97. The van der Waals surface area contributed by atoms with Crippen LogP contribution in [0.15, 0.2) is 0 Å². The topological polar surface area (TPSA) is 57.5 Å². The summed E-state index contributed by atoms with van der Waals surface area (Å²) in [5.74, 6) is 3.60. The lowest BCUT2D eigenvalue weighted by molar-refractivity contribution is -0.130. The lowest BCUT2D eigenvalue weighted by Crippen LogP contribution is -1.86. The number of hydrogen-bond acceptors (Lipinski definition) is 2. The summed E-state index contributed by atoms with van der Waals surface area (Å²) in [5.41, 5.74) is 0. The summed E-state index contributed by atoms with van der Waals surface area (Å²) in [5, 5.41) is 16.7. The molecule has 0 heterocycles. The highest BCUT2D eigenvalue weighted by Crippen LogP contribution is 2.03. The SMILES string of the molecule is O=C(O)C#CCCCCCCCO. The first-order valence-corrected chi connectivity index (χ1v) is 4.60. The summed E-state index contributed by atoms with van der Waals surface area (Å²) >= 11 is 0. The van der Waals surface area contributed by atoms with Gasteiger partial charge < -0.3 is 10.2 Å². The first-order chi connectivity index (χ1) is 6.27. The Morgan fingerprint density at radius 2 is 1.69 bits per heavy atom. The normalized spacial score (nSPS) is 9.00. The van der Waals surface area contributed by atoms with Crippen molar-refractivity contribution in [2.24, 2.45) is 0 Å². The zero-order valence-corrected chi connectivity index (χ0v) is 7.75. The summed E-state index contributed by atoms with van der Waals surface area (Å²) in [7, 11) is 0. The van der Waals surface area contributed by atoms with Crippen LogP contribution < -0.4 is 0 Å². The minimum Gasteiger partial charge on any atom is -0.472 e. The van der Waals surface area contributed by atoms with Crippen LogP contribution in [0.25, 0.3) is 0 Å². The lowest BCUT2D eigenvalue weighted by atomic mass is 10.1. The Morgan fingerprint density at radius 1 is 1.08 bits per heavy atom. The van der Waals surface area contributed by atoms with Gasteiger partial charge in [-0.3, -0.25) is 0 Å². The van der Waals surface area contributed by atoms with Crippen molar-refractivity contribution < 1.29 is 15.0 Å². The van der Waals surface area contributed by atoms with Crippen LogP contribution in [0, 0.1) is 11.8 Å². The van der Waals surface area contributed by atoms with Gasteiger partial charge in [0.05, 0.1) is 0 Å². The standard InChI is InChI=1S/C10H16O3/c11-9-7-5-3-1-2-4-6-8-10(12)13/h11H,1-5,7,9H2,(H,12,13). The van der Waals surface area contributed by atoms with E-state index in [2.05, 4.69) is 11.8 Å². The Kier molecular flexibility index (Phi) is 8.38. The van der Waals surface area contributed by atoms with Crippen molar-refractivity contribution in [2.75, 3.05) is 6.61 Å². The third-order valence-electron chi connectivity index (χ3n) is 1.66. The average molecular weight is 184 g/mol. The molecule has 0 spiro atoms. The van der Waals surface area contributed by atoms with Crippen LogP contribution in [0.5, 0.6) is 0 Å². The van der Waals surface area contributed by atoms with Gasteiger partial charge in [-0.05, 0) is 12.8 Å². The molecule has 3 heteroatoms. The molecule has 0 aromatic rings. The van der Waals surface area contributed by atoms with Crippen LogP contribution in [0.4, 0.5) is 0 Å². The number of aliphatic hydroxyl groups is 1. The summed E-state index contributed by atoms with van der Waals surface area (Å²) in [4.78, 5) is 9.97. The van der Waals surface area contributed by atoms with E-state index < -0.39 is 5.97 Å². The van der Waals surface area contributed by atoms with Gasteiger partial charge in [-0.2, -0.15) is 0 Å². The Morgan fingerprint density at radius 3 is 2.31 bits per heavy atom. The van der Waals surface area contributed by atoms with E-state index in [1.165, 1.54) is 0 Å². The first-order valence-electron chi connectivity index (χ1n) is 4.60. The molecule has 0 radical (unpaired) electrons. The van der Waals surface area contributed by atoms with E-state index in [0.717, 1.165) is 32.1 Å². The highest BCUT2D eigenvalue weighted by Gasteiger charge is 1.88. The van der Waals surface area contributed by atoms with E-state index in [-0.39, 0.29) is 6.61 Å². The Bertz CT molecular complexity index is 188. The molecular formula is C10H16O3. The van der Waals surface area contributed by atoms with Crippen molar-refractivity contribution in [1.29, 1.82) is 0 Å². The zero-order chi connectivity index (χ0) is 9.94. The number of carboxylic acids is 1. The Hall–Kier alpha value is -1.01. The number of aliphatic carboxylic acids is 1. The van der Waals surface area contributed by atoms with Crippen LogP contribution in [-0.4, -0.2) is 22.8 Å². The van der Waals surface area contributed by atoms with E-state index in [1.54, 1.807) is 0 Å². The predicted octanol–water partition coefficient (Wildman–Crippen LogP) is 1.41. The Balaban J connectivity index is 3.09. The van der Waals surface area contributed by atoms with Gasteiger partial charge in [0.15, 0.2) is 0 Å². The largest absolute Gasteiger partial charge is 0.472 e. The first kappa shape index (κ1) is 12.0. The molecule has 0 atom stereocenters. The zero-order valence-electron chi connectivity index (χ0n) is 7.75. The molecule has 0 rings (SSSR count). The van der Waals surface area contributed by atoms with Crippen molar-refractivity contribution in [3.63, 3.8) is 0 Å². The molecular weight excluding hydrogens is 168 g/mol. The Labute approximate surface area is 78.8 Å². The molecule has 2 N–H and O–H groups in total. The van der Waals surface area contributed by atoms with Gasteiger partial charge in [0, 0.05) is 18.9 Å². The number of aliphatic hydroxyl groups excluding tert-OH is 1. The molecule has 0 aliphatic carbocycles. The molecule has 0 unspecified atom stereocenters. The van der Waals surface area contributed by atoms with Gasteiger partial charge in [0.1, 0.15) is 0 Å². The van der Waals surface area contributed by atoms with Gasteiger partial charge in [0.2, 0.25) is 0 Å². The van der Waals surface area contributed by atoms with Gasteiger partial charge in [0.25, 0.3) is 0 Å². The highest BCUT2D eigenvalue weighted by molar-refractivity contribution is 5.86. The van der Waals surface area contributed by atoms with Crippen molar-refractivity contribution in [3.8, 4) is 11.8 Å². The van der Waals surface area contributed by atoms with E-state index in [9.17, 15) is 4.79 Å². The van der Waals surface area contributed by atoms with Crippen LogP contribution in [0.3, 0.4) is 0 Å². The molecule has 74 valence electrons. The van der Waals surface area contributed by atoms with Gasteiger partial charge >= 0.3 is 5.97 Å². The van der Waals surface area contributed by atoms with Crippen LogP contribution in [-0.2, 0) is 4.79 Å². The van der Waals surface area contributed by atoms with Crippen molar-refractivity contribution >= 4 is 5.97 Å². The van der Waals surface area contributed by atoms with Crippen molar-refractivity contribution in [3.05, 3.63) is 0 Å². The second kappa shape index (κ2) is 9.08. The molecule has 0 aliphatic heterocycles. The minimum absolute atomic E-state index is 0.263. The predicted molar refractivity (Wildman–Crippen MR) is 50.2 cm³/mol. The molecule has 0 amide bonds. The van der Waals surface area contributed by atoms with Crippen molar-refractivity contribution in [2.45, 2.75) is 38.5 Å². The second-order valence-electron chi connectivity index (χ2n) is 2.85. The maximum absolute atomic E-state index is 9.97. The molecule has 0 fully saturated rings. The second-order valence-corrected chi connectivity index (χ2v) is 2.85. The van der Waals surface area contributed by atoms with Crippen molar-refractivity contribution in [1.82, 2.24) is 0 Å². The quantitative estimate of drug-likeness (QED) is 0.484. The molecule has 0 saturated carbocycles. The number of carboxylic acid groups (broad SMARTS) is 1. The molecule has 0 aromatic heterocycles. The van der Waals surface area contributed by atoms with Gasteiger partial charge in [-0.15, -0.1) is 0 Å². The van der Waals surface area contributed by atoms with E-state index >= 15 is 0 Å².